The SMILES string of the molecule is COc1cc(CN2C(=O)C3CC(OC(CF)CF)CCC3N(C3CCN(C=O)CC3)C2=O)ccc1OCC(=O)N1CCCCC1. The number of hydrogen-bond donors (Lipinski definition) is 0. The summed E-state index contributed by atoms with van der Waals surface area (Å²) in [6.07, 6.45) is 4.65. The monoisotopic (exact) mass is 634 g/mol. The van der Waals surface area contributed by atoms with Gasteiger partial charge in [-0.05, 0) is 69.1 Å². The highest BCUT2D eigenvalue weighted by molar-refractivity contribution is 5.99. The Kier molecular flexibility index (Phi) is 11.1. The number of alkyl halides is 2. The summed E-state index contributed by atoms with van der Waals surface area (Å²) in [5.74, 6) is -0.257. The van der Waals surface area contributed by atoms with E-state index in [-0.39, 0.29) is 49.5 Å². The number of nitrogens with zero attached hydrogens (tertiary/aromatic N) is 4. The molecule has 0 aromatic heterocycles. The summed E-state index contributed by atoms with van der Waals surface area (Å²) >= 11 is 0. The molecule has 45 heavy (non-hydrogen) atoms. The van der Waals surface area contributed by atoms with E-state index < -0.39 is 31.5 Å². The average Bonchev–Trinajstić information content (AvgIpc) is 3.09. The zero-order chi connectivity index (χ0) is 31.9. The summed E-state index contributed by atoms with van der Waals surface area (Å²) in [7, 11) is 1.48. The maximum absolute atomic E-state index is 14.1. The van der Waals surface area contributed by atoms with Crippen molar-refractivity contribution in [1.82, 2.24) is 19.6 Å². The number of methoxy groups -OCH3 is 1. The second kappa shape index (κ2) is 15.2. The molecule has 0 N–H and O–H groups in total. The van der Waals surface area contributed by atoms with Gasteiger partial charge < -0.3 is 28.9 Å². The quantitative estimate of drug-likeness (QED) is 0.325. The molecular weight excluding hydrogens is 590 g/mol. The van der Waals surface area contributed by atoms with Gasteiger partial charge in [0.25, 0.3) is 5.91 Å². The van der Waals surface area contributed by atoms with Crippen LogP contribution in [0.4, 0.5) is 13.6 Å². The van der Waals surface area contributed by atoms with E-state index in [2.05, 4.69) is 0 Å². The van der Waals surface area contributed by atoms with Gasteiger partial charge >= 0.3 is 6.03 Å². The lowest BCUT2D eigenvalue weighted by atomic mass is 9.78. The number of amides is 5. The Morgan fingerprint density at radius 1 is 1.00 bits per heavy atom. The first-order chi connectivity index (χ1) is 21.9. The molecule has 5 rings (SSSR count). The summed E-state index contributed by atoms with van der Waals surface area (Å²) in [5, 5.41) is 0. The van der Waals surface area contributed by atoms with Gasteiger partial charge in [-0.2, -0.15) is 0 Å². The average molecular weight is 635 g/mol. The van der Waals surface area contributed by atoms with Gasteiger partial charge in [-0.15, -0.1) is 0 Å². The molecule has 4 fully saturated rings. The number of fused-ring (bicyclic) bond motifs is 1. The van der Waals surface area contributed by atoms with Crippen molar-refractivity contribution in [2.75, 3.05) is 53.2 Å². The summed E-state index contributed by atoms with van der Waals surface area (Å²) in [5.41, 5.74) is 0.635. The van der Waals surface area contributed by atoms with Gasteiger partial charge in [-0.3, -0.25) is 19.3 Å². The van der Waals surface area contributed by atoms with Crippen LogP contribution in [0, 0.1) is 5.92 Å². The largest absolute Gasteiger partial charge is 0.493 e. The maximum Gasteiger partial charge on any atom is 0.327 e. The van der Waals surface area contributed by atoms with Crippen LogP contribution in [-0.2, 0) is 25.7 Å². The number of rotatable bonds is 12. The van der Waals surface area contributed by atoms with Crippen molar-refractivity contribution in [2.45, 2.75) is 82.2 Å². The van der Waals surface area contributed by atoms with E-state index in [1.807, 2.05) is 4.90 Å². The van der Waals surface area contributed by atoms with Crippen molar-refractivity contribution >= 4 is 24.3 Å². The van der Waals surface area contributed by atoms with E-state index in [9.17, 15) is 28.0 Å². The number of benzene rings is 1. The molecule has 1 saturated carbocycles. The topological polar surface area (TPSA) is 109 Å². The third-order valence-corrected chi connectivity index (χ3v) is 9.56. The van der Waals surface area contributed by atoms with Crippen LogP contribution in [0.2, 0.25) is 0 Å². The fourth-order valence-corrected chi connectivity index (χ4v) is 7.13. The van der Waals surface area contributed by atoms with E-state index in [4.69, 9.17) is 14.2 Å². The molecule has 1 aliphatic carbocycles. The highest BCUT2D eigenvalue weighted by Gasteiger charge is 2.51. The summed E-state index contributed by atoms with van der Waals surface area (Å²) in [6.45, 7) is 0.454. The molecule has 11 nitrogen and oxygen atoms in total. The normalized spacial score (nSPS) is 24.6. The fraction of sp³-hybridized carbons (Fsp3) is 0.688. The second-order valence-electron chi connectivity index (χ2n) is 12.4. The van der Waals surface area contributed by atoms with Crippen molar-refractivity contribution in [3.05, 3.63) is 23.8 Å². The predicted octanol–water partition coefficient (Wildman–Crippen LogP) is 3.33. The Morgan fingerprint density at radius 2 is 1.73 bits per heavy atom. The molecule has 3 aliphatic heterocycles. The van der Waals surface area contributed by atoms with E-state index in [1.54, 1.807) is 28.0 Å². The molecule has 0 bridgehead atoms. The number of ether oxygens (including phenoxy) is 3. The minimum absolute atomic E-state index is 0.0168. The third kappa shape index (κ3) is 7.50. The van der Waals surface area contributed by atoms with Crippen molar-refractivity contribution in [3.8, 4) is 11.5 Å². The highest BCUT2D eigenvalue weighted by Crippen LogP contribution is 2.40. The molecule has 1 aromatic rings. The molecule has 3 heterocycles. The number of piperidine rings is 2. The molecule has 248 valence electrons. The molecule has 3 unspecified atom stereocenters. The first kappa shape index (κ1) is 32.9. The standard InChI is InChI=1S/C32H44F2N4O7/c1-43-29-15-22(5-8-28(29)44-20-30(40)36-11-3-2-4-12-36)19-37-31(41)26-16-24(45-25(17-33)18-34)6-7-27(26)38(32(37)42)23-9-13-35(21-39)14-10-23/h5,8,15,21,23-27H,2-4,6-7,9-14,16-20H2,1H3. The Morgan fingerprint density at radius 3 is 2.40 bits per heavy atom. The Labute approximate surface area is 262 Å². The van der Waals surface area contributed by atoms with E-state index in [0.717, 1.165) is 38.8 Å². The van der Waals surface area contributed by atoms with Crippen LogP contribution in [0.1, 0.15) is 56.9 Å². The van der Waals surface area contributed by atoms with Crippen LogP contribution in [0.3, 0.4) is 0 Å². The number of likely N-dealkylation sites (tertiary alicyclic amines) is 2. The van der Waals surface area contributed by atoms with Crippen molar-refractivity contribution < 1.29 is 42.2 Å². The lowest BCUT2D eigenvalue weighted by Gasteiger charge is -2.52. The zero-order valence-corrected chi connectivity index (χ0v) is 25.9. The maximum atomic E-state index is 14.1. The van der Waals surface area contributed by atoms with Crippen LogP contribution in [0.5, 0.6) is 11.5 Å². The third-order valence-electron chi connectivity index (χ3n) is 9.56. The van der Waals surface area contributed by atoms with Gasteiger partial charge in [0.1, 0.15) is 19.5 Å². The van der Waals surface area contributed by atoms with Crippen molar-refractivity contribution in [3.63, 3.8) is 0 Å². The summed E-state index contributed by atoms with van der Waals surface area (Å²) < 4.78 is 43.5. The molecule has 0 radical (unpaired) electrons. The van der Waals surface area contributed by atoms with Gasteiger partial charge in [-0.1, -0.05) is 6.07 Å². The first-order valence-corrected chi connectivity index (χ1v) is 16.0. The zero-order valence-electron chi connectivity index (χ0n) is 25.9. The second-order valence-corrected chi connectivity index (χ2v) is 12.4. The van der Waals surface area contributed by atoms with Crippen LogP contribution < -0.4 is 9.47 Å². The number of halogens is 2. The highest BCUT2D eigenvalue weighted by atomic mass is 19.1. The fourth-order valence-electron chi connectivity index (χ4n) is 7.13. The molecule has 3 atom stereocenters. The Hall–Kier alpha value is -3.48. The number of imide groups is 1. The van der Waals surface area contributed by atoms with Crippen LogP contribution in [-0.4, -0.2) is 121 Å². The molecule has 5 amide bonds. The summed E-state index contributed by atoms with van der Waals surface area (Å²) in [6, 6.07) is 4.21. The van der Waals surface area contributed by atoms with Gasteiger partial charge in [0.05, 0.1) is 25.7 Å². The number of carbonyl (C=O) groups is 4. The molecule has 3 saturated heterocycles. The number of carbonyl (C=O) groups excluding carboxylic acids is 4. The lowest BCUT2D eigenvalue weighted by molar-refractivity contribution is -0.148. The van der Waals surface area contributed by atoms with E-state index in [1.165, 1.54) is 12.0 Å². The minimum Gasteiger partial charge on any atom is -0.493 e. The molecule has 0 spiro atoms. The summed E-state index contributed by atoms with van der Waals surface area (Å²) in [4.78, 5) is 58.5. The van der Waals surface area contributed by atoms with Crippen LogP contribution in [0.25, 0.3) is 0 Å². The molecule has 13 heteroatoms. The minimum atomic E-state index is -1.17. The molecule has 4 aliphatic rings. The van der Waals surface area contributed by atoms with Gasteiger partial charge in [0.2, 0.25) is 12.3 Å². The van der Waals surface area contributed by atoms with Crippen LogP contribution in [0.15, 0.2) is 18.2 Å². The predicted molar refractivity (Wildman–Crippen MR) is 159 cm³/mol. The van der Waals surface area contributed by atoms with Gasteiger partial charge in [-0.25, -0.2) is 13.6 Å². The number of hydrogen-bond acceptors (Lipinski definition) is 7. The lowest BCUT2D eigenvalue weighted by Crippen LogP contribution is -2.66. The van der Waals surface area contributed by atoms with Gasteiger partial charge in [0.15, 0.2) is 18.1 Å². The van der Waals surface area contributed by atoms with Crippen molar-refractivity contribution in [2.24, 2.45) is 5.92 Å². The van der Waals surface area contributed by atoms with Crippen LogP contribution >= 0.6 is 0 Å². The van der Waals surface area contributed by atoms with Crippen molar-refractivity contribution in [1.29, 1.82) is 0 Å². The van der Waals surface area contributed by atoms with Gasteiger partial charge in [0, 0.05) is 38.3 Å². The Balaban J connectivity index is 1.33. The Bertz CT molecular complexity index is 1200. The smallest absolute Gasteiger partial charge is 0.327 e. The number of urea groups is 1. The first-order valence-electron chi connectivity index (χ1n) is 16.0. The van der Waals surface area contributed by atoms with E-state index in [0.29, 0.717) is 55.8 Å². The molecule has 1 aromatic carbocycles. The van der Waals surface area contributed by atoms with E-state index >= 15 is 0 Å². The molecular formula is C32H44F2N4O7.